The molecule has 1 N–H and O–H groups in total. The van der Waals surface area contributed by atoms with Crippen LogP contribution < -0.4 is 5.43 Å². The molecule has 0 unspecified atom stereocenters. The summed E-state index contributed by atoms with van der Waals surface area (Å²) in [5.74, 6) is 0.0405. The molecule has 0 bridgehead atoms. The maximum atomic E-state index is 10.9. The van der Waals surface area contributed by atoms with Gasteiger partial charge in [0.25, 0.3) is 0 Å². The van der Waals surface area contributed by atoms with Crippen molar-refractivity contribution in [3.05, 3.63) is 0 Å². The molecule has 0 aromatic carbocycles. The summed E-state index contributed by atoms with van der Waals surface area (Å²) in [4.78, 5) is 23.4. The molecule has 0 aromatic rings. The summed E-state index contributed by atoms with van der Waals surface area (Å²) >= 11 is 0. The van der Waals surface area contributed by atoms with Crippen LogP contribution in [0.4, 0.5) is 0 Å². The number of hydrogen-bond acceptors (Lipinski definition) is 3. The fourth-order valence-electron chi connectivity index (χ4n) is 1.36. The lowest BCUT2D eigenvalue weighted by Gasteiger charge is -2.33. The van der Waals surface area contributed by atoms with E-state index in [9.17, 15) is 9.59 Å². The van der Waals surface area contributed by atoms with Crippen LogP contribution in [-0.2, 0) is 9.59 Å². The van der Waals surface area contributed by atoms with Gasteiger partial charge >= 0.3 is 0 Å². The van der Waals surface area contributed by atoms with Gasteiger partial charge in [-0.2, -0.15) is 0 Å². The minimum atomic E-state index is -0.0590. The SMILES string of the molecule is CC(=O)NN1CCN(C(C)=O)CC1. The number of hydrazine groups is 1. The number of nitrogens with one attached hydrogen (secondary N) is 1. The molecule has 0 aromatic heterocycles. The molecule has 0 radical (unpaired) electrons. The number of amides is 2. The fourth-order valence-corrected chi connectivity index (χ4v) is 1.36. The Hall–Kier alpha value is -1.10. The van der Waals surface area contributed by atoms with E-state index in [0.29, 0.717) is 26.2 Å². The fraction of sp³-hybridized carbons (Fsp3) is 0.750. The largest absolute Gasteiger partial charge is 0.340 e. The first-order chi connectivity index (χ1) is 6.09. The number of hydrogen-bond donors (Lipinski definition) is 1. The maximum absolute atomic E-state index is 10.9. The number of carbonyl (C=O) groups excluding carboxylic acids is 2. The van der Waals surface area contributed by atoms with Crippen molar-refractivity contribution >= 4 is 11.8 Å². The average molecular weight is 185 g/mol. The highest BCUT2D eigenvalue weighted by atomic mass is 16.2. The van der Waals surface area contributed by atoms with Crippen molar-refractivity contribution < 1.29 is 9.59 Å². The molecule has 1 fully saturated rings. The van der Waals surface area contributed by atoms with Gasteiger partial charge < -0.3 is 4.90 Å². The van der Waals surface area contributed by atoms with Gasteiger partial charge in [-0.3, -0.25) is 15.0 Å². The van der Waals surface area contributed by atoms with Crippen molar-refractivity contribution in [1.82, 2.24) is 15.3 Å². The molecular formula is C8H15N3O2. The van der Waals surface area contributed by atoms with E-state index in [1.54, 1.807) is 11.8 Å². The normalized spacial score (nSPS) is 18.5. The van der Waals surface area contributed by atoms with Crippen molar-refractivity contribution in [1.29, 1.82) is 0 Å². The molecule has 0 aliphatic carbocycles. The highest BCUT2D eigenvalue weighted by Crippen LogP contribution is 1.98. The van der Waals surface area contributed by atoms with E-state index < -0.39 is 0 Å². The predicted octanol–water partition coefficient (Wildman–Crippen LogP) is -0.798. The second-order valence-electron chi connectivity index (χ2n) is 3.16. The summed E-state index contributed by atoms with van der Waals surface area (Å²) in [7, 11) is 0. The first-order valence-corrected chi connectivity index (χ1v) is 4.37. The third kappa shape index (κ3) is 3.02. The zero-order valence-corrected chi connectivity index (χ0v) is 8.04. The van der Waals surface area contributed by atoms with Crippen molar-refractivity contribution in [2.45, 2.75) is 13.8 Å². The summed E-state index contributed by atoms with van der Waals surface area (Å²) in [6, 6.07) is 0. The van der Waals surface area contributed by atoms with Gasteiger partial charge in [0.1, 0.15) is 0 Å². The van der Waals surface area contributed by atoms with Gasteiger partial charge in [0.15, 0.2) is 0 Å². The molecule has 5 nitrogen and oxygen atoms in total. The van der Waals surface area contributed by atoms with Crippen LogP contribution in [0.3, 0.4) is 0 Å². The minimum absolute atomic E-state index is 0.0590. The molecule has 1 heterocycles. The highest BCUT2D eigenvalue weighted by Gasteiger charge is 2.18. The number of carbonyl (C=O) groups is 2. The second kappa shape index (κ2) is 4.23. The second-order valence-corrected chi connectivity index (χ2v) is 3.16. The van der Waals surface area contributed by atoms with Gasteiger partial charge in [-0.15, -0.1) is 0 Å². The zero-order valence-electron chi connectivity index (χ0n) is 8.04. The molecule has 13 heavy (non-hydrogen) atoms. The van der Waals surface area contributed by atoms with Crippen LogP contribution in [0.1, 0.15) is 13.8 Å². The van der Waals surface area contributed by atoms with Crippen LogP contribution in [0.5, 0.6) is 0 Å². The lowest BCUT2D eigenvalue weighted by molar-refractivity contribution is -0.132. The molecule has 5 heteroatoms. The van der Waals surface area contributed by atoms with Crippen LogP contribution in [-0.4, -0.2) is 47.9 Å². The number of piperazine rings is 1. The third-order valence-corrected chi connectivity index (χ3v) is 2.04. The Bertz CT molecular complexity index is 209. The van der Waals surface area contributed by atoms with Gasteiger partial charge in [-0.1, -0.05) is 0 Å². The lowest BCUT2D eigenvalue weighted by atomic mass is 10.3. The molecule has 2 amide bonds. The van der Waals surface area contributed by atoms with Crippen LogP contribution in [0, 0.1) is 0 Å². The standard InChI is InChI=1S/C8H15N3O2/c1-7(12)9-11-5-3-10(4-6-11)8(2)13/h3-6H2,1-2H3,(H,9,12). The molecule has 0 atom stereocenters. The summed E-state index contributed by atoms with van der Waals surface area (Å²) in [6.07, 6.45) is 0. The Morgan fingerprint density at radius 3 is 2.00 bits per heavy atom. The van der Waals surface area contributed by atoms with Crippen molar-refractivity contribution in [2.75, 3.05) is 26.2 Å². The number of nitrogens with zero attached hydrogens (tertiary/aromatic N) is 2. The highest BCUT2D eigenvalue weighted by molar-refractivity contribution is 5.73. The molecule has 74 valence electrons. The molecule has 1 aliphatic heterocycles. The first-order valence-electron chi connectivity index (χ1n) is 4.37. The van der Waals surface area contributed by atoms with E-state index in [-0.39, 0.29) is 11.8 Å². The predicted molar refractivity (Wildman–Crippen MR) is 47.6 cm³/mol. The quantitative estimate of drug-likeness (QED) is 0.582. The average Bonchev–Trinajstić information content (AvgIpc) is 2.04. The van der Waals surface area contributed by atoms with Gasteiger partial charge in [-0.25, -0.2) is 5.01 Å². The monoisotopic (exact) mass is 185 g/mol. The van der Waals surface area contributed by atoms with E-state index >= 15 is 0 Å². The minimum Gasteiger partial charge on any atom is -0.340 e. The van der Waals surface area contributed by atoms with Crippen molar-refractivity contribution in [3.8, 4) is 0 Å². The third-order valence-electron chi connectivity index (χ3n) is 2.04. The van der Waals surface area contributed by atoms with Gasteiger partial charge in [0.2, 0.25) is 11.8 Å². The van der Waals surface area contributed by atoms with E-state index in [0.717, 1.165) is 0 Å². The lowest BCUT2D eigenvalue weighted by Crippen LogP contribution is -2.54. The molecule has 1 rings (SSSR count). The van der Waals surface area contributed by atoms with E-state index in [4.69, 9.17) is 0 Å². The van der Waals surface area contributed by atoms with Crippen LogP contribution in [0.15, 0.2) is 0 Å². The zero-order chi connectivity index (χ0) is 9.84. The smallest absolute Gasteiger partial charge is 0.231 e. The Balaban J connectivity index is 2.30. The summed E-state index contributed by atoms with van der Waals surface area (Å²) in [5, 5.41) is 1.84. The Kier molecular flexibility index (Phi) is 3.25. The molecule has 0 spiro atoms. The molecule has 0 saturated carbocycles. The maximum Gasteiger partial charge on any atom is 0.231 e. The Labute approximate surface area is 77.7 Å². The summed E-state index contributed by atoms with van der Waals surface area (Å²) < 4.78 is 0. The molecule has 1 saturated heterocycles. The van der Waals surface area contributed by atoms with Crippen LogP contribution >= 0.6 is 0 Å². The van der Waals surface area contributed by atoms with E-state index in [1.165, 1.54) is 6.92 Å². The van der Waals surface area contributed by atoms with Crippen molar-refractivity contribution in [3.63, 3.8) is 0 Å². The van der Waals surface area contributed by atoms with E-state index in [1.807, 2.05) is 5.01 Å². The number of rotatable bonds is 1. The Morgan fingerprint density at radius 1 is 1.08 bits per heavy atom. The van der Waals surface area contributed by atoms with Gasteiger partial charge in [-0.05, 0) is 0 Å². The summed E-state index contributed by atoms with van der Waals surface area (Å²) in [6.45, 7) is 5.84. The van der Waals surface area contributed by atoms with E-state index in [2.05, 4.69) is 5.43 Å². The molecular weight excluding hydrogens is 170 g/mol. The Morgan fingerprint density at radius 2 is 1.62 bits per heavy atom. The van der Waals surface area contributed by atoms with Crippen LogP contribution in [0.2, 0.25) is 0 Å². The van der Waals surface area contributed by atoms with Gasteiger partial charge in [0, 0.05) is 40.0 Å². The molecule has 1 aliphatic rings. The van der Waals surface area contributed by atoms with Gasteiger partial charge in [0.05, 0.1) is 0 Å². The topological polar surface area (TPSA) is 52.7 Å². The summed E-state index contributed by atoms with van der Waals surface area (Å²) in [5.41, 5.74) is 2.70. The van der Waals surface area contributed by atoms with Crippen molar-refractivity contribution in [2.24, 2.45) is 0 Å². The van der Waals surface area contributed by atoms with Crippen LogP contribution in [0.25, 0.3) is 0 Å². The first kappa shape index (κ1) is 9.98.